The summed E-state index contributed by atoms with van der Waals surface area (Å²) in [7, 11) is 0. The number of hydrogen-bond acceptors (Lipinski definition) is 8. The molecule has 0 aliphatic carbocycles. The van der Waals surface area contributed by atoms with E-state index in [0.29, 0.717) is 60.1 Å². The number of hydrogen-bond donors (Lipinski definition) is 4. The summed E-state index contributed by atoms with van der Waals surface area (Å²) in [5.41, 5.74) is -0.226. The Morgan fingerprint density at radius 2 is 1.67 bits per heavy atom. The number of nitrogens with zero attached hydrogens (tertiary/aromatic N) is 1. The second-order valence-corrected chi connectivity index (χ2v) is 9.47. The molecule has 1 aliphatic heterocycles. The van der Waals surface area contributed by atoms with E-state index in [1.807, 2.05) is 23.1 Å². The van der Waals surface area contributed by atoms with E-state index in [-0.39, 0.29) is 18.6 Å². The number of morpholine rings is 1. The van der Waals surface area contributed by atoms with Crippen molar-refractivity contribution in [2.24, 2.45) is 0 Å². The number of para-hydroxylation sites is 1. The number of carbonyl (C=O) groups is 4. The van der Waals surface area contributed by atoms with Gasteiger partial charge in [-0.3, -0.25) is 14.5 Å². The van der Waals surface area contributed by atoms with E-state index >= 15 is 0 Å². The Bertz CT molecular complexity index is 1500. The van der Waals surface area contributed by atoms with Gasteiger partial charge in [0, 0.05) is 59.2 Å². The molecule has 2 aromatic carbocycles. The largest absolute Gasteiger partial charge is 0.478 e. The molecule has 12 nitrogen and oxygen atoms in total. The number of pyridine rings is 1. The zero-order valence-corrected chi connectivity index (χ0v) is 23.4. The third-order valence-electron chi connectivity index (χ3n) is 6.24. The Kier molecular flexibility index (Phi) is 11.4. The molecule has 42 heavy (non-hydrogen) atoms. The summed E-state index contributed by atoms with van der Waals surface area (Å²) in [4.78, 5) is 63.2. The molecule has 1 unspecified atom stereocenters. The fourth-order valence-corrected chi connectivity index (χ4v) is 4.51. The standard InChI is InChI=1S/C25H26ClN3O5.C4H4O4/c1-2-34-24(32)25(29-11-13-33-14-12-29,28-23(31)17-7-9-19(26)10-8-17)16-18-15-22(30)27-21-6-4-3-5-20(18)21;5-3(6)1-2-4(7)8/h3-10,15H,2,11-14,16H2,1H3,(H,27,30)(H,28,31);1-2H,(H,5,6)(H,7,8)/b;2-1+. The molecule has 3 aromatic rings. The van der Waals surface area contributed by atoms with Gasteiger partial charge >= 0.3 is 17.9 Å². The van der Waals surface area contributed by atoms with Crippen molar-refractivity contribution >= 4 is 46.3 Å². The van der Waals surface area contributed by atoms with Crippen molar-refractivity contribution in [2.45, 2.75) is 19.0 Å². The molecule has 1 saturated heterocycles. The topological polar surface area (TPSA) is 175 Å². The summed E-state index contributed by atoms with van der Waals surface area (Å²) in [5.74, 6) is -3.56. The Morgan fingerprint density at radius 1 is 1.05 bits per heavy atom. The first-order valence-corrected chi connectivity index (χ1v) is 13.3. The van der Waals surface area contributed by atoms with Crippen LogP contribution in [-0.4, -0.2) is 82.5 Å². The second-order valence-electron chi connectivity index (χ2n) is 9.03. The maximum Gasteiger partial charge on any atom is 0.347 e. The van der Waals surface area contributed by atoms with Gasteiger partial charge in [0.05, 0.1) is 19.8 Å². The Morgan fingerprint density at radius 3 is 2.26 bits per heavy atom. The van der Waals surface area contributed by atoms with Crippen molar-refractivity contribution in [2.75, 3.05) is 32.9 Å². The number of carbonyl (C=O) groups excluding carboxylic acids is 2. The number of benzene rings is 2. The average Bonchev–Trinajstić information content (AvgIpc) is 2.96. The van der Waals surface area contributed by atoms with E-state index < -0.39 is 29.5 Å². The molecule has 1 aromatic heterocycles. The third kappa shape index (κ3) is 8.49. The highest BCUT2D eigenvalue weighted by molar-refractivity contribution is 6.30. The predicted octanol–water partition coefficient (Wildman–Crippen LogP) is 2.46. The van der Waals surface area contributed by atoms with Gasteiger partial charge in [-0.05, 0) is 42.8 Å². The van der Waals surface area contributed by atoms with Crippen LogP contribution in [0.5, 0.6) is 0 Å². The summed E-state index contributed by atoms with van der Waals surface area (Å²) in [5, 5.41) is 19.9. The number of rotatable bonds is 9. The van der Waals surface area contributed by atoms with Crippen LogP contribution >= 0.6 is 11.6 Å². The molecular formula is C29H30ClN3O9. The van der Waals surface area contributed by atoms with Crippen LogP contribution in [0.1, 0.15) is 22.8 Å². The summed E-state index contributed by atoms with van der Waals surface area (Å²) >= 11 is 5.98. The molecule has 4 N–H and O–H groups in total. The monoisotopic (exact) mass is 599 g/mol. The number of aromatic nitrogens is 1. The van der Waals surface area contributed by atoms with Crippen molar-refractivity contribution in [3.05, 3.63) is 93.3 Å². The molecule has 1 amide bonds. The van der Waals surface area contributed by atoms with Crippen LogP contribution in [-0.2, 0) is 30.3 Å². The first-order chi connectivity index (χ1) is 20.1. The number of aliphatic carboxylic acids is 2. The van der Waals surface area contributed by atoms with Crippen molar-refractivity contribution in [1.29, 1.82) is 0 Å². The highest BCUT2D eigenvalue weighted by atomic mass is 35.5. The summed E-state index contributed by atoms with van der Waals surface area (Å²) in [6, 6.07) is 15.2. The van der Waals surface area contributed by atoms with Crippen LogP contribution in [0, 0.1) is 0 Å². The van der Waals surface area contributed by atoms with Gasteiger partial charge in [0.15, 0.2) is 5.66 Å². The van der Waals surface area contributed by atoms with E-state index in [9.17, 15) is 24.0 Å². The lowest BCUT2D eigenvalue weighted by Gasteiger charge is -2.44. The highest BCUT2D eigenvalue weighted by Gasteiger charge is 2.48. The number of aromatic amines is 1. The van der Waals surface area contributed by atoms with Crippen LogP contribution in [0.15, 0.2) is 71.5 Å². The number of esters is 1. The Hall–Kier alpha value is -4.52. The molecule has 0 spiro atoms. The maximum atomic E-state index is 13.6. The van der Waals surface area contributed by atoms with E-state index in [0.717, 1.165) is 5.39 Å². The van der Waals surface area contributed by atoms with Crippen LogP contribution in [0.2, 0.25) is 5.02 Å². The van der Waals surface area contributed by atoms with Gasteiger partial charge in [-0.15, -0.1) is 0 Å². The normalized spacial score (nSPS) is 14.8. The molecule has 2 heterocycles. The SMILES string of the molecule is CCOC(=O)C(Cc1cc(=O)[nH]c2ccccc12)(NC(=O)c1ccc(Cl)cc1)N1CCOCC1.O=C(O)/C=C/C(=O)O. The average molecular weight is 600 g/mol. The molecule has 1 atom stereocenters. The first kappa shape index (κ1) is 32.0. The van der Waals surface area contributed by atoms with Gasteiger partial charge in [-0.1, -0.05) is 29.8 Å². The molecule has 0 radical (unpaired) electrons. The van der Waals surface area contributed by atoms with Gasteiger partial charge in [0.1, 0.15) is 0 Å². The van der Waals surface area contributed by atoms with Gasteiger partial charge < -0.3 is 30.0 Å². The molecule has 13 heteroatoms. The van der Waals surface area contributed by atoms with E-state index in [2.05, 4.69) is 10.3 Å². The zero-order chi connectivity index (χ0) is 30.7. The Balaban J connectivity index is 0.000000531. The van der Waals surface area contributed by atoms with Gasteiger partial charge in [-0.2, -0.15) is 0 Å². The van der Waals surface area contributed by atoms with Crippen molar-refractivity contribution in [1.82, 2.24) is 15.2 Å². The van der Waals surface area contributed by atoms with Crippen molar-refractivity contribution in [3.63, 3.8) is 0 Å². The van der Waals surface area contributed by atoms with Gasteiger partial charge in [0.2, 0.25) is 5.56 Å². The van der Waals surface area contributed by atoms with Crippen LogP contribution in [0.4, 0.5) is 0 Å². The molecule has 0 saturated carbocycles. The molecular weight excluding hydrogens is 570 g/mol. The molecule has 0 bridgehead atoms. The number of H-pyrrole nitrogens is 1. The summed E-state index contributed by atoms with van der Waals surface area (Å²) < 4.78 is 11.0. The fraction of sp³-hybridized carbons (Fsp3) is 0.276. The number of ether oxygens (including phenoxy) is 2. The van der Waals surface area contributed by atoms with E-state index in [1.165, 1.54) is 6.07 Å². The molecule has 1 aliphatic rings. The molecule has 222 valence electrons. The highest BCUT2D eigenvalue weighted by Crippen LogP contribution is 2.26. The van der Waals surface area contributed by atoms with E-state index in [1.54, 1.807) is 37.3 Å². The number of carboxylic acid groups (broad SMARTS) is 2. The maximum absolute atomic E-state index is 13.6. The predicted molar refractivity (Wildman–Crippen MR) is 153 cm³/mol. The quantitative estimate of drug-likeness (QED) is 0.211. The van der Waals surface area contributed by atoms with Gasteiger partial charge in [0.25, 0.3) is 5.91 Å². The van der Waals surface area contributed by atoms with Crippen LogP contribution in [0.3, 0.4) is 0 Å². The number of amides is 1. The minimum Gasteiger partial charge on any atom is -0.478 e. The van der Waals surface area contributed by atoms with E-state index in [4.69, 9.17) is 31.3 Å². The number of fused-ring (bicyclic) bond motifs is 1. The lowest BCUT2D eigenvalue weighted by atomic mass is 9.93. The molecule has 1 fully saturated rings. The lowest BCUT2D eigenvalue weighted by Crippen LogP contribution is -2.69. The number of nitrogens with one attached hydrogen (secondary N) is 2. The smallest absolute Gasteiger partial charge is 0.347 e. The zero-order valence-electron chi connectivity index (χ0n) is 22.7. The third-order valence-corrected chi connectivity index (χ3v) is 6.49. The van der Waals surface area contributed by atoms with Crippen LogP contribution < -0.4 is 10.9 Å². The van der Waals surface area contributed by atoms with Crippen molar-refractivity contribution in [3.8, 4) is 0 Å². The van der Waals surface area contributed by atoms with Gasteiger partial charge in [-0.25, -0.2) is 14.4 Å². The number of carboxylic acids is 2. The minimum atomic E-state index is -1.55. The molecule has 4 rings (SSSR count). The second kappa shape index (κ2) is 14.9. The van der Waals surface area contributed by atoms with Crippen LogP contribution in [0.25, 0.3) is 10.9 Å². The first-order valence-electron chi connectivity index (χ1n) is 12.9. The number of halogens is 1. The fourth-order valence-electron chi connectivity index (χ4n) is 4.39. The lowest BCUT2D eigenvalue weighted by molar-refractivity contribution is -0.163. The minimum absolute atomic E-state index is 0.0373. The van der Waals surface area contributed by atoms with Crippen molar-refractivity contribution < 1.29 is 38.9 Å². The summed E-state index contributed by atoms with van der Waals surface area (Å²) in [6.07, 6.45) is 1.15. The summed E-state index contributed by atoms with van der Waals surface area (Å²) in [6.45, 7) is 3.45. The Labute approximate surface area is 245 Å².